The molecular weight excluding hydrogens is 537 g/mol. The summed E-state index contributed by atoms with van der Waals surface area (Å²) in [6, 6.07) is 19.8. The molecule has 0 spiro atoms. The van der Waals surface area contributed by atoms with Crippen LogP contribution in [0.25, 0.3) is 5.70 Å². The van der Waals surface area contributed by atoms with Gasteiger partial charge in [-0.15, -0.1) is 0 Å². The fourth-order valence-electron chi connectivity index (χ4n) is 4.44. The predicted molar refractivity (Wildman–Crippen MR) is 154 cm³/mol. The Labute approximate surface area is 237 Å². The number of hydrogen-bond donors (Lipinski definition) is 2. The lowest BCUT2D eigenvalue weighted by atomic mass is 9.91. The maximum Gasteiger partial charge on any atom is 0.338 e. The molecule has 2 N–H and O–H groups in total. The number of rotatable bonds is 9. The first-order chi connectivity index (χ1) is 18.8. The van der Waals surface area contributed by atoms with Crippen molar-refractivity contribution in [3.8, 4) is 0 Å². The largest absolute Gasteiger partial charge is 0.463 e. The Kier molecular flexibility index (Phi) is 9.28. The van der Waals surface area contributed by atoms with Gasteiger partial charge >= 0.3 is 12.0 Å². The maximum atomic E-state index is 13.5. The number of nitrogens with one attached hydrogen (secondary N) is 2. The van der Waals surface area contributed by atoms with Crippen molar-refractivity contribution in [1.29, 1.82) is 0 Å². The van der Waals surface area contributed by atoms with Gasteiger partial charge in [-0.1, -0.05) is 79.0 Å². The molecule has 0 saturated heterocycles. The Morgan fingerprint density at radius 3 is 2.46 bits per heavy atom. The van der Waals surface area contributed by atoms with E-state index >= 15 is 0 Å². The lowest BCUT2D eigenvalue weighted by Crippen LogP contribution is -2.48. The molecule has 3 amide bonds. The number of halogens is 2. The van der Waals surface area contributed by atoms with Crippen LogP contribution >= 0.6 is 23.2 Å². The molecule has 0 radical (unpaired) electrons. The van der Waals surface area contributed by atoms with Crippen LogP contribution in [0, 0.1) is 0 Å². The summed E-state index contributed by atoms with van der Waals surface area (Å²) in [7, 11) is 0. The van der Waals surface area contributed by atoms with Gasteiger partial charge in [0, 0.05) is 17.3 Å². The van der Waals surface area contributed by atoms with Gasteiger partial charge in [0.1, 0.15) is 0 Å². The molecule has 0 bridgehead atoms. The number of carbonyl (C=O) groups is 3. The monoisotopic (exact) mass is 565 g/mol. The van der Waals surface area contributed by atoms with Gasteiger partial charge in [-0.2, -0.15) is 0 Å². The second kappa shape index (κ2) is 12.8. The first kappa shape index (κ1) is 28.2. The van der Waals surface area contributed by atoms with Crippen LogP contribution < -0.4 is 10.6 Å². The molecule has 3 aromatic carbocycles. The van der Waals surface area contributed by atoms with E-state index in [1.54, 1.807) is 48.2 Å². The van der Waals surface area contributed by atoms with Crippen LogP contribution in [-0.4, -0.2) is 36.0 Å². The SMILES string of the molecule is CCCCN1C(=O)N[C@H](c2cccc(NC(=O)c3ccc(Cl)cc3Cl)c2)C(C(=O)OCC)=C1c1ccccc1. The fraction of sp³-hybridized carbons (Fsp3) is 0.233. The molecule has 7 nitrogen and oxygen atoms in total. The molecule has 1 aliphatic heterocycles. The summed E-state index contributed by atoms with van der Waals surface area (Å²) in [6.45, 7) is 4.40. The van der Waals surface area contributed by atoms with Crippen LogP contribution in [0.1, 0.15) is 54.2 Å². The molecular formula is C30H29Cl2N3O4. The minimum atomic E-state index is -0.805. The zero-order chi connectivity index (χ0) is 27.9. The summed E-state index contributed by atoms with van der Waals surface area (Å²) in [6.07, 6.45) is 1.64. The summed E-state index contributed by atoms with van der Waals surface area (Å²) in [4.78, 5) is 41.4. The van der Waals surface area contributed by atoms with E-state index in [0.717, 1.165) is 18.4 Å². The number of urea groups is 1. The average molecular weight is 566 g/mol. The van der Waals surface area contributed by atoms with Gasteiger partial charge in [0.15, 0.2) is 0 Å². The minimum Gasteiger partial charge on any atom is -0.463 e. The molecule has 0 fully saturated rings. The van der Waals surface area contributed by atoms with Crippen LogP contribution in [0.5, 0.6) is 0 Å². The van der Waals surface area contributed by atoms with Gasteiger partial charge in [-0.05, 0) is 54.8 Å². The van der Waals surface area contributed by atoms with E-state index in [-0.39, 0.29) is 23.2 Å². The quantitative estimate of drug-likeness (QED) is 0.271. The molecule has 202 valence electrons. The second-order valence-corrected chi connectivity index (χ2v) is 9.78. The van der Waals surface area contributed by atoms with Gasteiger partial charge < -0.3 is 15.4 Å². The molecule has 0 aliphatic carbocycles. The summed E-state index contributed by atoms with van der Waals surface area (Å²) >= 11 is 12.2. The first-order valence-electron chi connectivity index (χ1n) is 12.7. The molecule has 4 rings (SSSR count). The van der Waals surface area contributed by atoms with Crippen LogP contribution in [0.3, 0.4) is 0 Å². The van der Waals surface area contributed by atoms with Gasteiger partial charge in [-0.3, -0.25) is 9.69 Å². The molecule has 1 heterocycles. The number of benzene rings is 3. The normalized spacial score (nSPS) is 15.1. The van der Waals surface area contributed by atoms with Crippen LogP contribution in [0.15, 0.2) is 78.4 Å². The second-order valence-electron chi connectivity index (χ2n) is 8.94. The molecule has 0 unspecified atom stereocenters. The van der Waals surface area contributed by atoms with Crippen LogP contribution in [-0.2, 0) is 9.53 Å². The van der Waals surface area contributed by atoms with E-state index in [0.29, 0.717) is 34.1 Å². The third-order valence-corrected chi connectivity index (χ3v) is 6.81. The number of esters is 1. The number of amides is 3. The topological polar surface area (TPSA) is 87.7 Å². The Balaban J connectivity index is 1.78. The average Bonchev–Trinajstić information content (AvgIpc) is 2.92. The highest BCUT2D eigenvalue weighted by atomic mass is 35.5. The van der Waals surface area contributed by atoms with Crippen molar-refractivity contribution in [2.45, 2.75) is 32.7 Å². The lowest BCUT2D eigenvalue weighted by Gasteiger charge is -2.37. The Hall–Kier alpha value is -3.81. The first-order valence-corrected chi connectivity index (χ1v) is 13.5. The highest BCUT2D eigenvalue weighted by molar-refractivity contribution is 6.37. The molecule has 1 atom stereocenters. The third kappa shape index (κ3) is 6.44. The molecule has 0 saturated carbocycles. The summed E-state index contributed by atoms with van der Waals surface area (Å²) < 4.78 is 5.48. The summed E-state index contributed by atoms with van der Waals surface area (Å²) in [5.41, 5.74) is 2.91. The number of carbonyl (C=O) groups excluding carboxylic acids is 3. The number of anilines is 1. The maximum absolute atomic E-state index is 13.5. The number of ether oxygens (including phenoxy) is 1. The van der Waals surface area contributed by atoms with E-state index < -0.39 is 17.9 Å². The van der Waals surface area contributed by atoms with Crippen molar-refractivity contribution in [3.05, 3.63) is 105 Å². The highest BCUT2D eigenvalue weighted by Gasteiger charge is 2.38. The predicted octanol–water partition coefficient (Wildman–Crippen LogP) is 7.09. The zero-order valence-corrected chi connectivity index (χ0v) is 23.2. The molecule has 0 aromatic heterocycles. The third-order valence-electron chi connectivity index (χ3n) is 6.26. The molecule has 1 aliphatic rings. The van der Waals surface area contributed by atoms with Crippen LogP contribution in [0.4, 0.5) is 10.5 Å². The molecule has 39 heavy (non-hydrogen) atoms. The van der Waals surface area contributed by atoms with Gasteiger partial charge in [0.05, 0.1) is 34.5 Å². The van der Waals surface area contributed by atoms with Gasteiger partial charge in [0.25, 0.3) is 5.91 Å². The van der Waals surface area contributed by atoms with E-state index in [1.807, 2.05) is 37.3 Å². The minimum absolute atomic E-state index is 0.179. The molecule has 9 heteroatoms. The Morgan fingerprint density at radius 2 is 1.77 bits per heavy atom. The Morgan fingerprint density at radius 1 is 1.00 bits per heavy atom. The summed E-state index contributed by atoms with van der Waals surface area (Å²) in [5, 5.41) is 6.47. The van der Waals surface area contributed by atoms with Crippen molar-refractivity contribution in [2.75, 3.05) is 18.5 Å². The van der Waals surface area contributed by atoms with Crippen LogP contribution in [0.2, 0.25) is 10.0 Å². The van der Waals surface area contributed by atoms with E-state index in [2.05, 4.69) is 10.6 Å². The zero-order valence-electron chi connectivity index (χ0n) is 21.7. The van der Waals surface area contributed by atoms with Crippen molar-refractivity contribution in [3.63, 3.8) is 0 Å². The van der Waals surface area contributed by atoms with Crippen molar-refractivity contribution in [2.24, 2.45) is 0 Å². The number of unbranched alkanes of at least 4 members (excludes halogenated alkanes) is 1. The number of hydrogen-bond acceptors (Lipinski definition) is 4. The van der Waals surface area contributed by atoms with Crippen molar-refractivity contribution in [1.82, 2.24) is 10.2 Å². The molecule has 3 aromatic rings. The van der Waals surface area contributed by atoms with E-state index in [1.165, 1.54) is 6.07 Å². The van der Waals surface area contributed by atoms with E-state index in [9.17, 15) is 14.4 Å². The lowest BCUT2D eigenvalue weighted by molar-refractivity contribution is -0.138. The van der Waals surface area contributed by atoms with Gasteiger partial charge in [0.2, 0.25) is 0 Å². The van der Waals surface area contributed by atoms with Crippen molar-refractivity contribution < 1.29 is 19.1 Å². The Bertz CT molecular complexity index is 1410. The van der Waals surface area contributed by atoms with Gasteiger partial charge in [-0.25, -0.2) is 9.59 Å². The summed E-state index contributed by atoms with van der Waals surface area (Å²) in [5.74, 6) is -0.941. The highest BCUT2D eigenvalue weighted by Crippen LogP contribution is 2.37. The van der Waals surface area contributed by atoms with E-state index in [4.69, 9.17) is 27.9 Å². The fourth-order valence-corrected chi connectivity index (χ4v) is 4.93. The number of nitrogens with zero attached hydrogens (tertiary/aromatic N) is 1. The standard InChI is InChI=1S/C30H29Cl2N3O4/c1-3-5-16-35-27(19-10-7-6-8-11-19)25(29(37)39-4-2)26(34-30(35)38)20-12-9-13-22(17-20)33-28(36)23-15-14-21(31)18-24(23)32/h6-15,17-18,26H,3-5,16H2,1-2H3,(H,33,36)(H,34,38)/t26-/m1/s1. The van der Waals surface area contributed by atoms with Crippen molar-refractivity contribution >= 4 is 52.5 Å². The smallest absolute Gasteiger partial charge is 0.338 e.